The number of allylic oxidation sites excluding steroid dienone is 1. The van der Waals surface area contributed by atoms with Gasteiger partial charge in [-0.2, -0.15) is 5.12 Å². The second-order valence-electron chi connectivity index (χ2n) is 4.11. The maximum Gasteiger partial charge on any atom is 0.293 e. The van der Waals surface area contributed by atoms with Gasteiger partial charge in [0.1, 0.15) is 0 Å². The molecule has 6 heteroatoms. The molecule has 1 amide bonds. The van der Waals surface area contributed by atoms with E-state index in [0.29, 0.717) is 18.1 Å². The van der Waals surface area contributed by atoms with Crippen LogP contribution >= 0.6 is 0 Å². The highest BCUT2D eigenvalue weighted by molar-refractivity contribution is 6.00. The second-order valence-corrected chi connectivity index (χ2v) is 4.11. The minimum atomic E-state index is -0.236. The Labute approximate surface area is 110 Å². The zero-order valence-corrected chi connectivity index (χ0v) is 10.2. The number of nitrogens with one attached hydrogen (secondary N) is 2. The quantitative estimate of drug-likeness (QED) is 0.817. The van der Waals surface area contributed by atoms with Gasteiger partial charge in [0.25, 0.3) is 5.91 Å². The summed E-state index contributed by atoms with van der Waals surface area (Å²) in [6.45, 7) is 4.28. The van der Waals surface area contributed by atoms with Crippen LogP contribution in [0.1, 0.15) is 10.5 Å². The van der Waals surface area contributed by atoms with E-state index in [1.54, 1.807) is 17.5 Å². The highest BCUT2D eigenvalue weighted by Crippen LogP contribution is 2.22. The third-order valence-corrected chi connectivity index (χ3v) is 2.82. The van der Waals surface area contributed by atoms with Gasteiger partial charge in [-0.1, -0.05) is 24.3 Å². The third-order valence-electron chi connectivity index (χ3n) is 2.82. The molecule has 0 atom stereocenters. The smallest absolute Gasteiger partial charge is 0.293 e. The molecule has 0 saturated heterocycles. The molecule has 0 unspecified atom stereocenters. The number of aromatic nitrogens is 2. The van der Waals surface area contributed by atoms with Gasteiger partial charge in [0.2, 0.25) is 0 Å². The fourth-order valence-corrected chi connectivity index (χ4v) is 1.94. The van der Waals surface area contributed by atoms with E-state index in [1.807, 2.05) is 34.9 Å². The number of nitrogens with zero attached hydrogens (tertiary/aromatic N) is 3. The fraction of sp³-hybridized carbons (Fsp3) is 0.0769. The Morgan fingerprint density at radius 2 is 2.05 bits per heavy atom. The topological polar surface area (TPSA) is 62.2 Å². The molecule has 0 saturated carbocycles. The van der Waals surface area contributed by atoms with Crippen LogP contribution < -0.4 is 16.0 Å². The van der Waals surface area contributed by atoms with Gasteiger partial charge in [0.05, 0.1) is 12.0 Å². The molecule has 1 aliphatic rings. The number of carbonyl (C=O) groups excluding carboxylic acids is 1. The summed E-state index contributed by atoms with van der Waals surface area (Å²) in [6, 6.07) is 9.51. The van der Waals surface area contributed by atoms with Crippen LogP contribution in [0.15, 0.2) is 49.3 Å². The Morgan fingerprint density at radius 3 is 2.79 bits per heavy atom. The Bertz CT molecular complexity index is 619. The first kappa shape index (κ1) is 11.3. The van der Waals surface area contributed by atoms with E-state index >= 15 is 0 Å². The average Bonchev–Trinajstić information content (AvgIpc) is 2.84. The zero-order chi connectivity index (χ0) is 13.2. The van der Waals surface area contributed by atoms with E-state index < -0.39 is 0 Å². The molecule has 3 rings (SSSR count). The first-order valence-electron chi connectivity index (χ1n) is 5.88. The molecular weight excluding hydrogens is 242 g/mol. The molecule has 6 nitrogen and oxygen atoms in total. The van der Waals surface area contributed by atoms with Crippen LogP contribution in [-0.4, -0.2) is 15.5 Å². The summed E-state index contributed by atoms with van der Waals surface area (Å²) in [5.41, 5.74) is 7.08. The lowest BCUT2D eigenvalue weighted by Crippen LogP contribution is -2.50. The van der Waals surface area contributed by atoms with Crippen LogP contribution in [0.2, 0.25) is 0 Å². The minimum absolute atomic E-state index is 0.236. The van der Waals surface area contributed by atoms with Crippen LogP contribution in [0, 0.1) is 0 Å². The van der Waals surface area contributed by atoms with Gasteiger partial charge >= 0.3 is 0 Å². The van der Waals surface area contributed by atoms with Crippen molar-refractivity contribution in [3.63, 3.8) is 0 Å². The number of fused-ring (bicyclic) bond motifs is 1. The number of hydrogen-bond acceptors (Lipinski definition) is 4. The largest absolute Gasteiger partial charge is 0.312 e. The SMILES string of the molecule is C=CCn1cnc2c1NN(c1ccccc1)NC2=O. The number of carbonyl (C=O) groups is 1. The van der Waals surface area contributed by atoms with Crippen molar-refractivity contribution in [2.24, 2.45) is 0 Å². The number of hydrogen-bond donors (Lipinski definition) is 2. The average molecular weight is 255 g/mol. The van der Waals surface area contributed by atoms with Crippen LogP contribution in [0.25, 0.3) is 0 Å². The molecule has 1 aliphatic heterocycles. The van der Waals surface area contributed by atoms with Crippen molar-refractivity contribution < 1.29 is 4.79 Å². The summed E-state index contributed by atoms with van der Waals surface area (Å²) in [7, 11) is 0. The van der Waals surface area contributed by atoms with E-state index in [9.17, 15) is 4.79 Å². The Hall–Kier alpha value is -2.76. The lowest BCUT2D eigenvalue weighted by Gasteiger charge is -2.30. The number of amides is 1. The van der Waals surface area contributed by atoms with Gasteiger partial charge in [-0.15, -0.1) is 6.58 Å². The highest BCUT2D eigenvalue weighted by Gasteiger charge is 2.26. The van der Waals surface area contributed by atoms with E-state index in [-0.39, 0.29) is 5.91 Å². The molecule has 2 aromatic rings. The maximum absolute atomic E-state index is 12.0. The summed E-state index contributed by atoms with van der Waals surface area (Å²) in [4.78, 5) is 16.1. The summed E-state index contributed by atoms with van der Waals surface area (Å²) in [5, 5.41) is 1.58. The Morgan fingerprint density at radius 1 is 1.26 bits per heavy atom. The van der Waals surface area contributed by atoms with Crippen molar-refractivity contribution >= 4 is 17.4 Å². The van der Waals surface area contributed by atoms with Gasteiger partial charge in [-0.25, -0.2) is 10.4 Å². The molecule has 96 valence electrons. The number of para-hydroxylation sites is 1. The van der Waals surface area contributed by atoms with Gasteiger partial charge in [-0.3, -0.25) is 10.2 Å². The molecule has 2 N–H and O–H groups in total. The fourth-order valence-electron chi connectivity index (χ4n) is 1.94. The highest BCUT2D eigenvalue weighted by atomic mass is 16.2. The number of anilines is 2. The van der Waals surface area contributed by atoms with Crippen molar-refractivity contribution in [1.29, 1.82) is 0 Å². The molecule has 2 heterocycles. The van der Waals surface area contributed by atoms with Crippen LogP contribution in [0.5, 0.6) is 0 Å². The number of imidazole rings is 1. The van der Waals surface area contributed by atoms with Crippen molar-refractivity contribution in [3.8, 4) is 0 Å². The summed E-state index contributed by atoms with van der Waals surface area (Å²) < 4.78 is 1.83. The van der Waals surface area contributed by atoms with Gasteiger partial charge in [0, 0.05) is 6.54 Å². The lowest BCUT2D eigenvalue weighted by molar-refractivity contribution is 0.0942. The second kappa shape index (κ2) is 4.49. The molecule has 1 aromatic heterocycles. The molecule has 0 bridgehead atoms. The normalized spacial score (nSPS) is 13.5. The van der Waals surface area contributed by atoms with E-state index in [2.05, 4.69) is 22.4 Å². The first-order valence-corrected chi connectivity index (χ1v) is 5.88. The summed E-state index contributed by atoms with van der Waals surface area (Å²) in [6.07, 6.45) is 3.37. The molecule has 0 radical (unpaired) electrons. The molecule has 0 aliphatic carbocycles. The number of hydrazine groups is 2. The van der Waals surface area contributed by atoms with Crippen LogP contribution in [0.4, 0.5) is 11.5 Å². The standard InChI is InChI=1S/C13H13N5O/c1-2-8-17-9-14-11-12(17)15-18(16-13(11)19)10-6-4-3-5-7-10/h2-7,9,15H,1,8H2,(H,16,19). The Kier molecular flexibility index (Phi) is 2.68. The maximum atomic E-state index is 12.0. The molecular formula is C13H13N5O. The van der Waals surface area contributed by atoms with E-state index in [4.69, 9.17) is 0 Å². The van der Waals surface area contributed by atoms with Gasteiger partial charge in [0.15, 0.2) is 11.5 Å². The summed E-state index contributed by atoms with van der Waals surface area (Å²) in [5.74, 6) is 0.424. The summed E-state index contributed by atoms with van der Waals surface area (Å²) >= 11 is 0. The zero-order valence-electron chi connectivity index (χ0n) is 10.2. The van der Waals surface area contributed by atoms with Crippen LogP contribution in [-0.2, 0) is 6.54 Å². The van der Waals surface area contributed by atoms with E-state index in [1.165, 1.54) is 0 Å². The van der Waals surface area contributed by atoms with Crippen molar-refractivity contribution in [1.82, 2.24) is 15.0 Å². The first-order chi connectivity index (χ1) is 9.29. The molecule has 0 spiro atoms. The van der Waals surface area contributed by atoms with Crippen molar-refractivity contribution in [2.45, 2.75) is 6.54 Å². The minimum Gasteiger partial charge on any atom is -0.312 e. The van der Waals surface area contributed by atoms with Crippen molar-refractivity contribution in [2.75, 3.05) is 10.5 Å². The lowest BCUT2D eigenvalue weighted by atomic mass is 10.3. The Balaban J connectivity index is 1.96. The van der Waals surface area contributed by atoms with Gasteiger partial charge < -0.3 is 4.57 Å². The predicted molar refractivity (Wildman–Crippen MR) is 72.4 cm³/mol. The number of rotatable bonds is 3. The van der Waals surface area contributed by atoms with Gasteiger partial charge in [-0.05, 0) is 12.1 Å². The van der Waals surface area contributed by atoms with E-state index in [0.717, 1.165) is 5.69 Å². The van der Waals surface area contributed by atoms with Crippen LogP contribution in [0.3, 0.4) is 0 Å². The third kappa shape index (κ3) is 1.93. The van der Waals surface area contributed by atoms with Crippen molar-refractivity contribution in [3.05, 3.63) is 55.0 Å². The molecule has 19 heavy (non-hydrogen) atoms. The predicted octanol–water partition coefficient (Wildman–Crippen LogP) is 1.56. The molecule has 0 fully saturated rings. The monoisotopic (exact) mass is 255 g/mol. The number of benzene rings is 1. The molecule has 1 aromatic carbocycles.